The van der Waals surface area contributed by atoms with Gasteiger partial charge in [-0.3, -0.25) is 0 Å². The maximum atomic E-state index is 6.04. The van der Waals surface area contributed by atoms with Crippen molar-refractivity contribution in [2.75, 3.05) is 13.1 Å². The third kappa shape index (κ3) is 1.76. The highest BCUT2D eigenvalue weighted by Crippen LogP contribution is 2.26. The largest absolute Gasteiger partial charge is 0.330 e. The number of nitrogens with zero attached hydrogens (tertiary/aromatic N) is 2. The molecule has 2 unspecified atom stereocenters. The van der Waals surface area contributed by atoms with Gasteiger partial charge < -0.3 is 15.6 Å². The molecule has 1 aromatic rings. The Bertz CT molecular complexity index is 365. The monoisotopic (exact) mass is 220 g/mol. The van der Waals surface area contributed by atoms with Crippen LogP contribution in [0, 0.1) is 0 Å². The number of piperidine rings is 1. The zero-order valence-corrected chi connectivity index (χ0v) is 9.65. The Kier molecular flexibility index (Phi) is 2.69. The van der Waals surface area contributed by atoms with Crippen LogP contribution >= 0.6 is 0 Å². The normalized spacial score (nSPS) is 30.1. The molecule has 2 aliphatic heterocycles. The predicted molar refractivity (Wildman–Crippen MR) is 63.4 cm³/mol. The van der Waals surface area contributed by atoms with Crippen molar-refractivity contribution in [3.05, 3.63) is 17.7 Å². The van der Waals surface area contributed by atoms with Crippen molar-refractivity contribution in [3.8, 4) is 0 Å². The molecule has 3 rings (SSSR count). The highest BCUT2D eigenvalue weighted by molar-refractivity contribution is 5.13. The number of aromatic nitrogens is 2. The third-order valence-electron chi connectivity index (χ3n) is 3.82. The van der Waals surface area contributed by atoms with Crippen molar-refractivity contribution in [3.63, 3.8) is 0 Å². The van der Waals surface area contributed by atoms with Crippen LogP contribution in [-0.2, 0) is 13.0 Å². The van der Waals surface area contributed by atoms with Crippen LogP contribution in [0.5, 0.6) is 0 Å². The van der Waals surface area contributed by atoms with Gasteiger partial charge >= 0.3 is 0 Å². The molecular formula is C12H20N4. The van der Waals surface area contributed by atoms with Crippen LogP contribution in [0.15, 0.2) is 6.20 Å². The van der Waals surface area contributed by atoms with Gasteiger partial charge in [-0.05, 0) is 32.2 Å². The summed E-state index contributed by atoms with van der Waals surface area (Å²) in [5, 5.41) is 3.46. The lowest BCUT2D eigenvalue weighted by atomic mass is 9.98. The Morgan fingerprint density at radius 1 is 1.44 bits per heavy atom. The zero-order chi connectivity index (χ0) is 11.0. The van der Waals surface area contributed by atoms with E-state index in [1.54, 1.807) is 0 Å². The van der Waals surface area contributed by atoms with Crippen LogP contribution in [-0.4, -0.2) is 28.7 Å². The van der Waals surface area contributed by atoms with E-state index in [1.165, 1.54) is 24.4 Å². The van der Waals surface area contributed by atoms with Crippen molar-refractivity contribution >= 4 is 0 Å². The van der Waals surface area contributed by atoms with Crippen LogP contribution in [0.2, 0.25) is 0 Å². The molecule has 1 saturated heterocycles. The van der Waals surface area contributed by atoms with Crippen molar-refractivity contribution in [1.82, 2.24) is 14.9 Å². The summed E-state index contributed by atoms with van der Waals surface area (Å²) < 4.78 is 2.37. The summed E-state index contributed by atoms with van der Waals surface area (Å²) in [7, 11) is 0. The molecule has 0 aliphatic carbocycles. The minimum atomic E-state index is 0.317. The van der Waals surface area contributed by atoms with E-state index in [0.717, 1.165) is 32.5 Å². The first-order chi connectivity index (χ1) is 7.84. The summed E-state index contributed by atoms with van der Waals surface area (Å²) in [6.07, 6.45) is 6.77. The minimum absolute atomic E-state index is 0.317. The molecule has 88 valence electrons. The van der Waals surface area contributed by atoms with Crippen LogP contribution < -0.4 is 11.1 Å². The van der Waals surface area contributed by atoms with Gasteiger partial charge in [0.1, 0.15) is 5.82 Å². The van der Waals surface area contributed by atoms with Gasteiger partial charge in [-0.1, -0.05) is 0 Å². The Hall–Kier alpha value is -0.870. The van der Waals surface area contributed by atoms with E-state index in [1.807, 2.05) is 0 Å². The quantitative estimate of drug-likeness (QED) is 0.729. The van der Waals surface area contributed by atoms with Gasteiger partial charge in [-0.15, -0.1) is 0 Å². The smallest absolute Gasteiger partial charge is 0.113 e. The molecule has 0 saturated carbocycles. The van der Waals surface area contributed by atoms with Gasteiger partial charge in [-0.25, -0.2) is 4.98 Å². The maximum absolute atomic E-state index is 6.04. The van der Waals surface area contributed by atoms with Gasteiger partial charge in [0.05, 0.1) is 0 Å². The van der Waals surface area contributed by atoms with E-state index >= 15 is 0 Å². The molecule has 1 fully saturated rings. The molecular weight excluding hydrogens is 200 g/mol. The topological polar surface area (TPSA) is 55.9 Å². The van der Waals surface area contributed by atoms with Crippen molar-refractivity contribution < 1.29 is 0 Å². The molecule has 0 bridgehead atoms. The fourth-order valence-corrected chi connectivity index (χ4v) is 2.89. The number of hydrogen-bond donors (Lipinski definition) is 2. The van der Waals surface area contributed by atoms with Gasteiger partial charge in [-0.2, -0.15) is 0 Å². The highest BCUT2D eigenvalue weighted by atomic mass is 15.1. The Balaban J connectivity index is 1.86. The van der Waals surface area contributed by atoms with E-state index in [-0.39, 0.29) is 0 Å². The first kappa shape index (κ1) is 10.3. The number of fused-ring (bicyclic) bond motifs is 1. The van der Waals surface area contributed by atoms with Gasteiger partial charge in [0, 0.05) is 36.9 Å². The van der Waals surface area contributed by atoms with E-state index < -0.39 is 0 Å². The number of rotatable bonds is 1. The lowest BCUT2D eigenvalue weighted by molar-refractivity contribution is 0.399. The van der Waals surface area contributed by atoms with E-state index in [4.69, 9.17) is 5.73 Å². The molecule has 16 heavy (non-hydrogen) atoms. The average molecular weight is 220 g/mol. The van der Waals surface area contributed by atoms with Crippen molar-refractivity contribution in [2.24, 2.45) is 5.73 Å². The SMILES string of the molecule is NC1CCc2cnc(C3CCCNC3)n2C1. The van der Waals surface area contributed by atoms with E-state index in [9.17, 15) is 0 Å². The summed E-state index contributed by atoms with van der Waals surface area (Å²) >= 11 is 0. The Morgan fingerprint density at radius 3 is 3.19 bits per heavy atom. The second-order valence-electron chi connectivity index (χ2n) is 5.06. The van der Waals surface area contributed by atoms with Gasteiger partial charge in [0.2, 0.25) is 0 Å². The highest BCUT2D eigenvalue weighted by Gasteiger charge is 2.24. The summed E-state index contributed by atoms with van der Waals surface area (Å²) in [5.41, 5.74) is 7.42. The second-order valence-corrected chi connectivity index (χ2v) is 5.06. The molecule has 0 amide bonds. The summed E-state index contributed by atoms with van der Waals surface area (Å²) in [6, 6.07) is 0.317. The molecule has 2 aliphatic rings. The van der Waals surface area contributed by atoms with Crippen molar-refractivity contribution in [1.29, 1.82) is 0 Å². The van der Waals surface area contributed by atoms with Crippen LogP contribution in [0.4, 0.5) is 0 Å². The van der Waals surface area contributed by atoms with Crippen LogP contribution in [0.25, 0.3) is 0 Å². The lowest BCUT2D eigenvalue weighted by Gasteiger charge is -2.27. The molecule has 0 spiro atoms. The summed E-state index contributed by atoms with van der Waals surface area (Å²) in [5.74, 6) is 1.85. The average Bonchev–Trinajstić information content (AvgIpc) is 2.73. The third-order valence-corrected chi connectivity index (χ3v) is 3.82. The Labute approximate surface area is 96.2 Å². The number of nitrogens with one attached hydrogen (secondary N) is 1. The number of aryl methyl sites for hydroxylation is 1. The molecule has 3 N–H and O–H groups in total. The second kappa shape index (κ2) is 4.18. The molecule has 0 aromatic carbocycles. The lowest BCUT2D eigenvalue weighted by Crippen LogP contribution is -2.35. The molecule has 4 heteroatoms. The van der Waals surface area contributed by atoms with Crippen molar-refractivity contribution in [2.45, 2.75) is 44.2 Å². The fourth-order valence-electron chi connectivity index (χ4n) is 2.89. The van der Waals surface area contributed by atoms with Crippen LogP contribution in [0.1, 0.15) is 36.7 Å². The molecule has 2 atom stereocenters. The standard InChI is InChI=1S/C12H20N4/c13-10-3-4-11-7-15-12(16(11)8-10)9-2-1-5-14-6-9/h7,9-10,14H,1-6,8,13H2. The first-order valence-electron chi connectivity index (χ1n) is 6.35. The maximum Gasteiger partial charge on any atom is 0.113 e. The summed E-state index contributed by atoms with van der Waals surface area (Å²) in [6.45, 7) is 3.19. The number of imidazole rings is 1. The molecule has 3 heterocycles. The summed E-state index contributed by atoms with van der Waals surface area (Å²) in [4.78, 5) is 4.62. The molecule has 4 nitrogen and oxygen atoms in total. The number of hydrogen-bond acceptors (Lipinski definition) is 3. The number of nitrogens with two attached hydrogens (primary N) is 1. The fraction of sp³-hybridized carbons (Fsp3) is 0.750. The first-order valence-corrected chi connectivity index (χ1v) is 6.35. The van der Waals surface area contributed by atoms with E-state index in [0.29, 0.717) is 12.0 Å². The zero-order valence-electron chi connectivity index (χ0n) is 9.65. The Morgan fingerprint density at radius 2 is 2.38 bits per heavy atom. The van der Waals surface area contributed by atoms with Gasteiger partial charge in [0.25, 0.3) is 0 Å². The van der Waals surface area contributed by atoms with Crippen LogP contribution in [0.3, 0.4) is 0 Å². The molecule has 0 radical (unpaired) electrons. The predicted octanol–water partition coefficient (Wildman–Crippen LogP) is 0.624. The van der Waals surface area contributed by atoms with E-state index in [2.05, 4.69) is 21.1 Å². The van der Waals surface area contributed by atoms with Gasteiger partial charge in [0.15, 0.2) is 0 Å². The molecule has 1 aromatic heterocycles. The minimum Gasteiger partial charge on any atom is -0.330 e.